The molecule has 1 aliphatic rings. The molecule has 0 radical (unpaired) electrons. The van der Waals surface area contributed by atoms with E-state index in [-0.39, 0.29) is 30.1 Å². The van der Waals surface area contributed by atoms with Crippen LogP contribution >= 0.6 is 0 Å². The Kier molecular flexibility index (Phi) is 11.5. The van der Waals surface area contributed by atoms with Crippen molar-refractivity contribution in [3.63, 3.8) is 0 Å². The molecule has 1 heterocycles. The molecule has 0 unspecified atom stereocenters. The van der Waals surface area contributed by atoms with E-state index >= 15 is 0 Å². The first-order valence-corrected chi connectivity index (χ1v) is 10.1. The lowest BCUT2D eigenvalue weighted by atomic mass is 10.0. The molecule has 3 atom stereocenters. The van der Waals surface area contributed by atoms with Crippen LogP contribution in [0.25, 0.3) is 0 Å². The predicted octanol–water partition coefficient (Wildman–Crippen LogP) is 4.13. The van der Waals surface area contributed by atoms with Crippen molar-refractivity contribution in [2.24, 2.45) is 0 Å². The molecule has 1 rings (SSSR count). The topological polar surface area (TPSA) is 64.6 Å². The maximum atomic E-state index is 11.3. The zero-order chi connectivity index (χ0) is 18.5. The van der Waals surface area contributed by atoms with Gasteiger partial charge in [0.2, 0.25) is 5.91 Å². The van der Waals surface area contributed by atoms with Crippen LogP contribution in [0.1, 0.15) is 91.4 Å². The average molecular weight is 356 g/mol. The average Bonchev–Trinajstić information content (AvgIpc) is 2.90. The van der Waals surface area contributed by atoms with Gasteiger partial charge in [-0.2, -0.15) is 0 Å². The molecule has 0 saturated carbocycles. The molecular weight excluding hydrogens is 318 g/mol. The number of nitrogens with one attached hydrogen (secondary N) is 1. The lowest BCUT2D eigenvalue weighted by Gasteiger charge is -2.23. The molecule has 1 aliphatic heterocycles. The van der Waals surface area contributed by atoms with Crippen LogP contribution < -0.4 is 5.32 Å². The van der Waals surface area contributed by atoms with Gasteiger partial charge in [0.25, 0.3) is 0 Å². The van der Waals surface area contributed by atoms with Crippen molar-refractivity contribution in [2.75, 3.05) is 6.61 Å². The molecule has 0 aromatic heterocycles. The summed E-state index contributed by atoms with van der Waals surface area (Å²) in [4.78, 5) is 22.6. The third-order valence-corrected chi connectivity index (χ3v) is 4.79. The second-order valence-electron chi connectivity index (χ2n) is 7.22. The van der Waals surface area contributed by atoms with Gasteiger partial charge in [-0.1, -0.05) is 71.1 Å². The minimum absolute atomic E-state index is 0.102. The summed E-state index contributed by atoms with van der Waals surface area (Å²) < 4.78 is 11.2. The van der Waals surface area contributed by atoms with Crippen molar-refractivity contribution >= 4 is 11.9 Å². The molecule has 0 aromatic rings. The van der Waals surface area contributed by atoms with Gasteiger partial charge in [-0.25, -0.2) is 0 Å². The number of ether oxygens (including phenoxy) is 2. The Labute approximate surface area is 153 Å². The number of carbonyl (C=O) groups excluding carboxylic acids is 2. The zero-order valence-electron chi connectivity index (χ0n) is 16.4. The van der Waals surface area contributed by atoms with Crippen molar-refractivity contribution < 1.29 is 19.1 Å². The van der Waals surface area contributed by atoms with Crippen molar-refractivity contribution in [1.29, 1.82) is 0 Å². The number of rotatable bonds is 13. The van der Waals surface area contributed by atoms with Gasteiger partial charge in [0.15, 0.2) is 6.10 Å². The van der Waals surface area contributed by atoms with Gasteiger partial charge in [-0.3, -0.25) is 9.59 Å². The largest absolute Gasteiger partial charge is 0.457 e. The highest BCUT2D eigenvalue weighted by Gasteiger charge is 2.39. The smallest absolute Gasteiger partial charge is 0.303 e. The fourth-order valence-corrected chi connectivity index (χ4v) is 3.49. The Morgan fingerprint density at radius 3 is 2.04 bits per heavy atom. The van der Waals surface area contributed by atoms with E-state index < -0.39 is 0 Å². The number of esters is 1. The lowest BCUT2D eigenvalue weighted by molar-refractivity contribution is -0.150. The highest BCUT2D eigenvalue weighted by molar-refractivity contribution is 5.73. The van der Waals surface area contributed by atoms with E-state index in [9.17, 15) is 9.59 Å². The van der Waals surface area contributed by atoms with Gasteiger partial charge >= 0.3 is 5.97 Å². The maximum absolute atomic E-state index is 11.3. The molecule has 0 aromatic carbocycles. The van der Waals surface area contributed by atoms with Crippen molar-refractivity contribution in [1.82, 2.24) is 5.32 Å². The minimum atomic E-state index is -0.361. The molecule has 0 spiro atoms. The summed E-state index contributed by atoms with van der Waals surface area (Å²) in [5.74, 6) is -0.440. The van der Waals surface area contributed by atoms with Crippen molar-refractivity contribution in [3.8, 4) is 0 Å². The van der Waals surface area contributed by atoms with E-state index in [1.165, 1.54) is 71.6 Å². The predicted molar refractivity (Wildman–Crippen MR) is 99.4 cm³/mol. The fraction of sp³-hybridized carbons (Fsp3) is 0.900. The van der Waals surface area contributed by atoms with Crippen LogP contribution in [-0.4, -0.2) is 36.7 Å². The Bertz CT molecular complexity index is 386. The normalized spacial score (nSPS) is 22.8. The Morgan fingerprint density at radius 1 is 0.960 bits per heavy atom. The van der Waals surface area contributed by atoms with Gasteiger partial charge in [0, 0.05) is 13.8 Å². The van der Waals surface area contributed by atoms with Gasteiger partial charge in [0.05, 0.1) is 18.8 Å². The monoisotopic (exact) mass is 355 g/mol. The number of unbranched alkanes of at least 4 members (excludes halogenated alkanes) is 9. The summed E-state index contributed by atoms with van der Waals surface area (Å²) in [5.41, 5.74) is 0. The second kappa shape index (κ2) is 13.2. The SMILES string of the molecule is CCCCCCCCCCCC[C@H]1OC[C@H](NC(C)=O)[C@@H]1OC(C)=O. The van der Waals surface area contributed by atoms with E-state index in [0.717, 1.165) is 12.8 Å². The third-order valence-electron chi connectivity index (χ3n) is 4.79. The Balaban J connectivity index is 2.15. The molecule has 1 saturated heterocycles. The standard InChI is InChI=1S/C20H37NO4/c1-4-5-6-7-8-9-10-11-12-13-14-19-20(25-17(3)23)18(15-24-19)21-16(2)22/h18-20H,4-15H2,1-3H3,(H,21,22)/t18-,19+,20-/m0/s1. The third kappa shape index (κ3) is 9.83. The Morgan fingerprint density at radius 2 is 1.52 bits per heavy atom. The van der Waals surface area contributed by atoms with E-state index in [2.05, 4.69) is 12.2 Å². The van der Waals surface area contributed by atoms with Crippen LogP contribution in [0.15, 0.2) is 0 Å². The summed E-state index contributed by atoms with van der Waals surface area (Å²) in [6.07, 6.45) is 13.4. The van der Waals surface area contributed by atoms with E-state index in [1.807, 2.05) is 0 Å². The number of hydrogen-bond donors (Lipinski definition) is 1. The zero-order valence-corrected chi connectivity index (χ0v) is 16.4. The van der Waals surface area contributed by atoms with E-state index in [0.29, 0.717) is 6.61 Å². The lowest BCUT2D eigenvalue weighted by Crippen LogP contribution is -2.45. The van der Waals surface area contributed by atoms with Gasteiger partial charge < -0.3 is 14.8 Å². The summed E-state index contributed by atoms with van der Waals surface area (Å²) >= 11 is 0. The number of hydrogen-bond acceptors (Lipinski definition) is 4. The molecule has 1 fully saturated rings. The first kappa shape index (κ1) is 21.9. The molecule has 0 aliphatic carbocycles. The maximum Gasteiger partial charge on any atom is 0.303 e. The first-order valence-electron chi connectivity index (χ1n) is 10.1. The Hall–Kier alpha value is -1.10. The first-order chi connectivity index (χ1) is 12.0. The second-order valence-corrected chi connectivity index (χ2v) is 7.22. The highest BCUT2D eigenvalue weighted by Crippen LogP contribution is 2.23. The van der Waals surface area contributed by atoms with Crippen LogP contribution in [-0.2, 0) is 19.1 Å². The molecule has 1 amide bonds. The number of amides is 1. The molecule has 5 nitrogen and oxygen atoms in total. The van der Waals surface area contributed by atoms with E-state index in [4.69, 9.17) is 9.47 Å². The highest BCUT2D eigenvalue weighted by atomic mass is 16.6. The quantitative estimate of drug-likeness (QED) is 0.398. The van der Waals surface area contributed by atoms with Gasteiger partial charge in [-0.05, 0) is 6.42 Å². The van der Waals surface area contributed by atoms with Crippen LogP contribution in [0, 0.1) is 0 Å². The summed E-state index contributed by atoms with van der Waals surface area (Å²) in [7, 11) is 0. The van der Waals surface area contributed by atoms with Gasteiger partial charge in [0.1, 0.15) is 0 Å². The fourth-order valence-electron chi connectivity index (χ4n) is 3.49. The van der Waals surface area contributed by atoms with Crippen LogP contribution in [0.4, 0.5) is 0 Å². The molecule has 0 bridgehead atoms. The van der Waals surface area contributed by atoms with Crippen molar-refractivity contribution in [3.05, 3.63) is 0 Å². The minimum Gasteiger partial charge on any atom is -0.457 e. The summed E-state index contributed by atoms with van der Waals surface area (Å²) in [5, 5.41) is 2.83. The van der Waals surface area contributed by atoms with Crippen LogP contribution in [0.5, 0.6) is 0 Å². The van der Waals surface area contributed by atoms with Crippen molar-refractivity contribution in [2.45, 2.75) is 110 Å². The summed E-state index contributed by atoms with van der Waals surface area (Å²) in [6, 6.07) is -0.227. The summed E-state index contributed by atoms with van der Waals surface area (Å²) in [6.45, 7) is 5.54. The van der Waals surface area contributed by atoms with Crippen LogP contribution in [0.3, 0.4) is 0 Å². The molecule has 5 heteroatoms. The van der Waals surface area contributed by atoms with E-state index in [1.54, 1.807) is 0 Å². The van der Waals surface area contributed by atoms with Crippen LogP contribution in [0.2, 0.25) is 0 Å². The number of carbonyl (C=O) groups is 2. The molecular formula is C20H37NO4. The molecule has 1 N–H and O–H groups in total. The molecule has 146 valence electrons. The molecule has 25 heavy (non-hydrogen) atoms. The van der Waals surface area contributed by atoms with Gasteiger partial charge in [-0.15, -0.1) is 0 Å².